The van der Waals surface area contributed by atoms with E-state index in [0.717, 1.165) is 23.5 Å². The lowest BCUT2D eigenvalue weighted by atomic mass is 9.99. The highest BCUT2D eigenvalue weighted by Gasteiger charge is 2.19. The van der Waals surface area contributed by atoms with Crippen LogP contribution >= 0.6 is 0 Å². The molecule has 0 fully saturated rings. The lowest BCUT2D eigenvalue weighted by molar-refractivity contribution is -0.123. The molecule has 1 aliphatic heterocycles. The van der Waals surface area contributed by atoms with Crippen molar-refractivity contribution < 1.29 is 14.3 Å². The van der Waals surface area contributed by atoms with E-state index in [1.54, 1.807) is 0 Å². The minimum atomic E-state index is -0.461. The lowest BCUT2D eigenvalue weighted by Crippen LogP contribution is -2.44. The van der Waals surface area contributed by atoms with Crippen molar-refractivity contribution in [3.8, 4) is 11.5 Å². The maximum absolute atomic E-state index is 11.9. The van der Waals surface area contributed by atoms with Gasteiger partial charge in [0.2, 0.25) is 5.91 Å². The van der Waals surface area contributed by atoms with Crippen LogP contribution < -0.4 is 20.5 Å². The molecule has 20 heavy (non-hydrogen) atoms. The second-order valence-corrected chi connectivity index (χ2v) is 5.11. The Morgan fingerprint density at radius 3 is 2.75 bits per heavy atom. The van der Waals surface area contributed by atoms with E-state index in [2.05, 4.69) is 5.32 Å². The number of benzene rings is 1. The molecule has 3 N–H and O–H groups in total. The zero-order chi connectivity index (χ0) is 14.5. The zero-order valence-electron chi connectivity index (χ0n) is 12.0. The van der Waals surface area contributed by atoms with Crippen molar-refractivity contribution >= 4 is 5.91 Å². The van der Waals surface area contributed by atoms with Crippen molar-refractivity contribution in [1.82, 2.24) is 5.32 Å². The average molecular weight is 278 g/mol. The van der Waals surface area contributed by atoms with Crippen molar-refractivity contribution in [2.75, 3.05) is 13.2 Å². The normalized spacial score (nSPS) is 16.4. The first-order valence-electron chi connectivity index (χ1n) is 7.03. The molecule has 0 bridgehead atoms. The molecule has 1 aromatic carbocycles. The predicted octanol–water partition coefficient (Wildman–Crippen LogP) is 1.45. The van der Waals surface area contributed by atoms with Gasteiger partial charge in [-0.2, -0.15) is 0 Å². The van der Waals surface area contributed by atoms with Gasteiger partial charge in [0.05, 0.1) is 6.04 Å². The van der Waals surface area contributed by atoms with Crippen LogP contribution in [0.4, 0.5) is 0 Å². The second-order valence-electron chi connectivity index (χ2n) is 5.11. The van der Waals surface area contributed by atoms with Crippen molar-refractivity contribution in [3.05, 3.63) is 23.8 Å². The lowest BCUT2D eigenvalue weighted by Gasteiger charge is -2.20. The Balaban J connectivity index is 1.92. The molecule has 110 valence electrons. The fourth-order valence-corrected chi connectivity index (χ4v) is 2.02. The van der Waals surface area contributed by atoms with E-state index in [9.17, 15) is 4.79 Å². The monoisotopic (exact) mass is 278 g/mol. The van der Waals surface area contributed by atoms with Crippen LogP contribution in [0, 0.1) is 5.92 Å². The van der Waals surface area contributed by atoms with Crippen LogP contribution in [-0.2, 0) is 11.3 Å². The van der Waals surface area contributed by atoms with E-state index in [1.165, 1.54) is 0 Å². The Hall–Kier alpha value is -1.75. The summed E-state index contributed by atoms with van der Waals surface area (Å²) in [6.45, 7) is 5.58. The Morgan fingerprint density at radius 1 is 1.35 bits per heavy atom. The first kappa shape index (κ1) is 14.7. The van der Waals surface area contributed by atoms with Crippen molar-refractivity contribution in [2.45, 2.75) is 32.9 Å². The van der Waals surface area contributed by atoms with Gasteiger partial charge in [0, 0.05) is 6.54 Å². The Bertz CT molecular complexity index is 476. The van der Waals surface area contributed by atoms with E-state index in [-0.39, 0.29) is 11.8 Å². The number of carbonyl (C=O) groups is 1. The van der Waals surface area contributed by atoms with Gasteiger partial charge in [-0.25, -0.2) is 0 Å². The molecule has 5 nitrogen and oxygen atoms in total. The maximum atomic E-state index is 11.9. The molecule has 5 heteroatoms. The number of amides is 1. The number of fused-ring (bicyclic) bond motifs is 1. The summed E-state index contributed by atoms with van der Waals surface area (Å²) >= 11 is 0. The van der Waals surface area contributed by atoms with Crippen molar-refractivity contribution in [3.63, 3.8) is 0 Å². The molecule has 0 saturated heterocycles. The molecule has 1 aromatic rings. The highest BCUT2D eigenvalue weighted by Crippen LogP contribution is 2.30. The highest BCUT2D eigenvalue weighted by atomic mass is 16.6. The molecule has 0 aliphatic carbocycles. The van der Waals surface area contributed by atoms with Crippen LogP contribution in [-0.4, -0.2) is 25.2 Å². The fraction of sp³-hybridized carbons (Fsp3) is 0.533. The van der Waals surface area contributed by atoms with Crippen molar-refractivity contribution in [1.29, 1.82) is 0 Å². The number of nitrogens with two attached hydrogens (primary N) is 1. The van der Waals surface area contributed by atoms with Gasteiger partial charge in [-0.1, -0.05) is 26.3 Å². The quantitative estimate of drug-likeness (QED) is 0.855. The smallest absolute Gasteiger partial charge is 0.237 e. The summed E-state index contributed by atoms with van der Waals surface area (Å²) in [6, 6.07) is 5.22. The van der Waals surface area contributed by atoms with Gasteiger partial charge in [0.15, 0.2) is 11.5 Å². The largest absolute Gasteiger partial charge is 0.486 e. The molecule has 0 saturated carbocycles. The molecular weight excluding hydrogens is 256 g/mol. The summed E-state index contributed by atoms with van der Waals surface area (Å²) in [5.74, 6) is 1.54. The third-order valence-electron chi connectivity index (χ3n) is 3.63. The molecule has 1 aliphatic rings. The minimum absolute atomic E-state index is 0.116. The SMILES string of the molecule is CCC(C)[C@H](N)C(=O)NCc1ccc2c(c1)OCCO2. The van der Waals surface area contributed by atoms with Crippen LogP contribution in [0.3, 0.4) is 0 Å². The first-order valence-corrected chi connectivity index (χ1v) is 7.03. The van der Waals surface area contributed by atoms with Gasteiger partial charge in [0.25, 0.3) is 0 Å². The number of hydrogen-bond acceptors (Lipinski definition) is 4. The standard InChI is InChI=1S/C15H22N2O3/c1-3-10(2)14(16)15(18)17-9-11-4-5-12-13(8-11)20-7-6-19-12/h4-5,8,10,14H,3,6-7,9,16H2,1-2H3,(H,17,18)/t10?,14-/m0/s1. The zero-order valence-corrected chi connectivity index (χ0v) is 12.0. The first-order chi connectivity index (χ1) is 9.61. The minimum Gasteiger partial charge on any atom is -0.486 e. The molecule has 1 heterocycles. The van der Waals surface area contributed by atoms with Crippen LogP contribution in [0.1, 0.15) is 25.8 Å². The number of hydrogen-bond donors (Lipinski definition) is 2. The van der Waals surface area contributed by atoms with Crippen LogP contribution in [0.2, 0.25) is 0 Å². The summed E-state index contributed by atoms with van der Waals surface area (Å²) in [7, 11) is 0. The summed E-state index contributed by atoms with van der Waals surface area (Å²) in [5, 5.41) is 2.86. The third kappa shape index (κ3) is 3.42. The highest BCUT2D eigenvalue weighted by molar-refractivity contribution is 5.81. The molecular formula is C15H22N2O3. The summed E-state index contributed by atoms with van der Waals surface area (Å²) in [5.41, 5.74) is 6.86. The van der Waals surface area contributed by atoms with Gasteiger partial charge >= 0.3 is 0 Å². The van der Waals surface area contributed by atoms with Crippen LogP contribution in [0.25, 0.3) is 0 Å². The molecule has 0 aromatic heterocycles. The molecule has 1 unspecified atom stereocenters. The average Bonchev–Trinajstić information content (AvgIpc) is 2.50. The summed E-state index contributed by atoms with van der Waals surface area (Å²) < 4.78 is 11.0. The Labute approximate surface area is 119 Å². The van der Waals surface area contributed by atoms with E-state index in [0.29, 0.717) is 19.8 Å². The topological polar surface area (TPSA) is 73.6 Å². The number of ether oxygens (including phenoxy) is 2. The van der Waals surface area contributed by atoms with Crippen LogP contribution in [0.5, 0.6) is 11.5 Å². The van der Waals surface area contributed by atoms with E-state index < -0.39 is 6.04 Å². The Kier molecular flexibility index (Phi) is 4.84. The van der Waals surface area contributed by atoms with Crippen molar-refractivity contribution in [2.24, 2.45) is 11.7 Å². The molecule has 1 amide bonds. The van der Waals surface area contributed by atoms with Gasteiger partial charge in [0.1, 0.15) is 13.2 Å². The third-order valence-corrected chi connectivity index (χ3v) is 3.63. The van der Waals surface area contributed by atoms with E-state index >= 15 is 0 Å². The van der Waals surface area contributed by atoms with Gasteiger partial charge in [-0.15, -0.1) is 0 Å². The predicted molar refractivity (Wildman–Crippen MR) is 76.7 cm³/mol. The van der Waals surface area contributed by atoms with Gasteiger partial charge in [-0.05, 0) is 23.6 Å². The van der Waals surface area contributed by atoms with Crippen LogP contribution in [0.15, 0.2) is 18.2 Å². The molecule has 2 atom stereocenters. The second kappa shape index (κ2) is 6.61. The summed E-state index contributed by atoms with van der Waals surface area (Å²) in [6.07, 6.45) is 0.888. The number of carbonyl (C=O) groups excluding carboxylic acids is 1. The number of rotatable bonds is 5. The van der Waals surface area contributed by atoms with E-state index in [1.807, 2.05) is 32.0 Å². The summed E-state index contributed by atoms with van der Waals surface area (Å²) in [4.78, 5) is 11.9. The Morgan fingerprint density at radius 2 is 2.05 bits per heavy atom. The molecule has 0 spiro atoms. The number of nitrogens with one attached hydrogen (secondary N) is 1. The van der Waals surface area contributed by atoms with Gasteiger partial charge in [-0.3, -0.25) is 4.79 Å². The maximum Gasteiger partial charge on any atom is 0.237 e. The van der Waals surface area contributed by atoms with E-state index in [4.69, 9.17) is 15.2 Å². The molecule has 0 radical (unpaired) electrons. The fourth-order valence-electron chi connectivity index (χ4n) is 2.02. The molecule has 2 rings (SSSR count). The van der Waals surface area contributed by atoms with Gasteiger partial charge < -0.3 is 20.5 Å².